The number of carbonyl (C=O) groups is 1. The lowest BCUT2D eigenvalue weighted by atomic mass is 10.1. The van der Waals surface area contributed by atoms with Crippen LogP contribution in [0.15, 0.2) is 41.3 Å². The van der Waals surface area contributed by atoms with Gasteiger partial charge in [-0.25, -0.2) is 12.8 Å². The first-order valence-corrected chi connectivity index (χ1v) is 9.83. The number of carbonyl (C=O) groups excluding carboxylic acids is 1. The summed E-state index contributed by atoms with van der Waals surface area (Å²) < 4.78 is 41.7. The summed E-state index contributed by atoms with van der Waals surface area (Å²) in [6.07, 6.45) is -0.318. The van der Waals surface area contributed by atoms with Gasteiger partial charge in [-0.05, 0) is 38.0 Å². The molecule has 0 saturated carbocycles. The second-order valence-corrected chi connectivity index (χ2v) is 8.31. The number of rotatable bonds is 7. The van der Waals surface area contributed by atoms with Crippen LogP contribution in [-0.4, -0.2) is 25.2 Å². The monoisotopic (exact) mass is 393 g/mol. The number of amides is 1. The third-order valence-electron chi connectivity index (χ3n) is 4.21. The van der Waals surface area contributed by atoms with Crippen molar-refractivity contribution >= 4 is 15.9 Å². The number of sulfonamides is 1. The van der Waals surface area contributed by atoms with Crippen LogP contribution in [0, 0.1) is 31.8 Å². The first-order valence-electron chi connectivity index (χ1n) is 8.39. The highest BCUT2D eigenvalue weighted by Gasteiger charge is 2.29. The minimum Gasteiger partial charge on any atom is -0.759 e. The molecule has 0 fully saturated rings. The Labute approximate surface area is 158 Å². The summed E-state index contributed by atoms with van der Waals surface area (Å²) in [5.74, 6) is -1.37. The summed E-state index contributed by atoms with van der Waals surface area (Å²) in [7, 11) is -4.01. The van der Waals surface area contributed by atoms with E-state index in [9.17, 15) is 22.8 Å². The topological polar surface area (TPSA) is 89.5 Å². The fourth-order valence-electron chi connectivity index (χ4n) is 3.08. The van der Waals surface area contributed by atoms with Crippen molar-refractivity contribution in [3.05, 3.63) is 69.7 Å². The van der Waals surface area contributed by atoms with Crippen molar-refractivity contribution < 1.29 is 17.6 Å². The molecule has 0 spiro atoms. The molecule has 8 heteroatoms. The molecule has 146 valence electrons. The Morgan fingerprint density at radius 3 is 2.30 bits per heavy atom. The molecule has 0 heterocycles. The Balaban J connectivity index is 2.48. The van der Waals surface area contributed by atoms with Crippen LogP contribution in [0.4, 0.5) is 4.39 Å². The third kappa shape index (κ3) is 4.91. The normalized spacial score (nSPS) is 11.6. The molecule has 0 unspecified atom stereocenters. The van der Waals surface area contributed by atoms with Gasteiger partial charge < -0.3 is 10.7 Å². The van der Waals surface area contributed by atoms with Gasteiger partial charge in [0.25, 0.3) is 0 Å². The zero-order chi connectivity index (χ0) is 20.2. The minimum atomic E-state index is -4.01. The Hall–Kier alpha value is -2.29. The number of nitrogens with zero attached hydrogens (tertiary/aromatic N) is 1. The van der Waals surface area contributed by atoms with Gasteiger partial charge in [0.05, 0.1) is 4.90 Å². The standard InChI is InChI=1S/C19H22FN2O4S/c1-13-10-14(2)19(15(3)11-13)27(25,26)22(9-8-18(23)21-24)12-16-6-4-5-7-17(16)20/h4-7,10-11H,8-9,12H2,1-3H3,(H-,21,23,24)/q-1. The molecule has 6 nitrogen and oxygen atoms in total. The van der Waals surface area contributed by atoms with E-state index in [-0.39, 0.29) is 30.0 Å². The maximum Gasteiger partial charge on any atom is 0.243 e. The minimum absolute atomic E-state index is 0.131. The molecule has 2 rings (SSSR count). The molecule has 2 aromatic rings. The molecule has 27 heavy (non-hydrogen) atoms. The molecular formula is C19H22FN2O4S-. The number of nitrogens with one attached hydrogen (secondary N) is 1. The quantitative estimate of drug-likeness (QED) is 0.733. The fourth-order valence-corrected chi connectivity index (χ4v) is 4.91. The van der Waals surface area contributed by atoms with Crippen molar-refractivity contribution in [2.45, 2.75) is 38.6 Å². The molecule has 0 radical (unpaired) electrons. The van der Waals surface area contributed by atoms with Gasteiger partial charge in [-0.3, -0.25) is 4.79 Å². The molecule has 0 saturated heterocycles. The number of hydroxylamine groups is 1. The van der Waals surface area contributed by atoms with Gasteiger partial charge in [0.2, 0.25) is 15.9 Å². The first-order chi connectivity index (χ1) is 12.7. The average Bonchev–Trinajstić information content (AvgIpc) is 2.58. The highest BCUT2D eigenvalue weighted by atomic mass is 32.2. The van der Waals surface area contributed by atoms with Gasteiger partial charge in [0, 0.05) is 25.1 Å². The molecule has 1 amide bonds. The summed E-state index contributed by atoms with van der Waals surface area (Å²) in [5.41, 5.74) is 3.48. The van der Waals surface area contributed by atoms with E-state index in [1.54, 1.807) is 32.0 Å². The first kappa shape index (κ1) is 21.0. The van der Waals surface area contributed by atoms with E-state index in [2.05, 4.69) is 0 Å². The third-order valence-corrected chi connectivity index (χ3v) is 6.36. The lowest BCUT2D eigenvalue weighted by Gasteiger charge is -2.25. The summed E-state index contributed by atoms with van der Waals surface area (Å²) in [6.45, 7) is 4.77. The number of hydrogen-bond donors (Lipinski definition) is 1. The highest BCUT2D eigenvalue weighted by molar-refractivity contribution is 7.89. The lowest BCUT2D eigenvalue weighted by molar-refractivity contribution is -0.120. The highest BCUT2D eigenvalue weighted by Crippen LogP contribution is 2.27. The Kier molecular flexibility index (Phi) is 6.69. The summed E-state index contributed by atoms with van der Waals surface area (Å²) in [4.78, 5) is 11.5. The van der Waals surface area contributed by atoms with Crippen molar-refractivity contribution in [2.24, 2.45) is 0 Å². The van der Waals surface area contributed by atoms with E-state index in [0.29, 0.717) is 11.1 Å². The van der Waals surface area contributed by atoms with Crippen LogP contribution in [0.2, 0.25) is 0 Å². The average molecular weight is 393 g/mol. The lowest BCUT2D eigenvalue weighted by Crippen LogP contribution is -2.35. The van der Waals surface area contributed by atoms with Crippen LogP contribution in [0.25, 0.3) is 0 Å². The molecule has 1 N–H and O–H groups in total. The van der Waals surface area contributed by atoms with Crippen molar-refractivity contribution in [3.8, 4) is 0 Å². The Morgan fingerprint density at radius 2 is 1.74 bits per heavy atom. The second kappa shape index (κ2) is 8.60. The fraction of sp³-hybridized carbons (Fsp3) is 0.316. The van der Waals surface area contributed by atoms with Gasteiger partial charge >= 0.3 is 0 Å². The molecule has 0 bridgehead atoms. The second-order valence-electron chi connectivity index (χ2n) is 6.43. The number of halogens is 1. The summed E-state index contributed by atoms with van der Waals surface area (Å²) >= 11 is 0. The van der Waals surface area contributed by atoms with Gasteiger partial charge in [-0.1, -0.05) is 35.9 Å². The predicted molar refractivity (Wildman–Crippen MR) is 101 cm³/mol. The molecule has 0 aromatic heterocycles. The number of aryl methyl sites for hydroxylation is 3. The van der Waals surface area contributed by atoms with E-state index in [4.69, 9.17) is 0 Å². The zero-order valence-electron chi connectivity index (χ0n) is 15.5. The molecule has 0 atom stereocenters. The van der Waals surface area contributed by atoms with E-state index in [0.717, 1.165) is 9.87 Å². The molecule has 2 aromatic carbocycles. The number of benzene rings is 2. The van der Waals surface area contributed by atoms with Gasteiger partial charge in [0.1, 0.15) is 5.82 Å². The molecule has 0 aliphatic rings. The van der Waals surface area contributed by atoms with Crippen molar-refractivity contribution in [2.75, 3.05) is 6.54 Å². The van der Waals surface area contributed by atoms with E-state index in [1.807, 2.05) is 6.92 Å². The SMILES string of the molecule is Cc1cc(C)c(S(=O)(=O)N(CCC(=O)N[O-])Cc2ccccc2F)c(C)c1. The zero-order valence-corrected chi connectivity index (χ0v) is 16.3. The van der Waals surface area contributed by atoms with E-state index in [1.165, 1.54) is 23.7 Å². The smallest absolute Gasteiger partial charge is 0.243 e. The maximum atomic E-state index is 14.1. The van der Waals surface area contributed by atoms with Crippen LogP contribution in [0.3, 0.4) is 0 Å². The Bertz CT molecular complexity index is 921. The van der Waals surface area contributed by atoms with Crippen molar-refractivity contribution in [3.63, 3.8) is 0 Å². The maximum absolute atomic E-state index is 14.1. The summed E-state index contributed by atoms with van der Waals surface area (Å²) in [6, 6.07) is 9.36. The van der Waals surface area contributed by atoms with E-state index < -0.39 is 21.7 Å². The van der Waals surface area contributed by atoms with Gasteiger partial charge in [-0.15, -0.1) is 0 Å². The van der Waals surface area contributed by atoms with Crippen LogP contribution in [0.5, 0.6) is 0 Å². The van der Waals surface area contributed by atoms with Gasteiger partial charge in [0.15, 0.2) is 0 Å². The van der Waals surface area contributed by atoms with Crippen LogP contribution in [-0.2, 0) is 21.4 Å². The van der Waals surface area contributed by atoms with Crippen molar-refractivity contribution in [1.82, 2.24) is 9.79 Å². The van der Waals surface area contributed by atoms with Crippen LogP contribution >= 0.6 is 0 Å². The molecule has 0 aliphatic heterocycles. The predicted octanol–water partition coefficient (Wildman–Crippen LogP) is 2.95. The largest absolute Gasteiger partial charge is 0.759 e. The number of hydrogen-bond acceptors (Lipinski definition) is 4. The van der Waals surface area contributed by atoms with Crippen molar-refractivity contribution in [1.29, 1.82) is 0 Å². The molecule has 0 aliphatic carbocycles. The van der Waals surface area contributed by atoms with Crippen LogP contribution in [0.1, 0.15) is 28.7 Å². The molecular weight excluding hydrogens is 371 g/mol. The van der Waals surface area contributed by atoms with Crippen LogP contribution < -0.4 is 5.48 Å². The summed E-state index contributed by atoms with van der Waals surface area (Å²) in [5, 5.41) is 10.5. The van der Waals surface area contributed by atoms with Gasteiger partial charge in [-0.2, -0.15) is 4.31 Å². The van der Waals surface area contributed by atoms with E-state index >= 15 is 0 Å². The Morgan fingerprint density at radius 1 is 1.15 bits per heavy atom.